The summed E-state index contributed by atoms with van der Waals surface area (Å²) in [7, 11) is 0. The van der Waals surface area contributed by atoms with Crippen LogP contribution in [0, 0.1) is 15.9 Å². The van der Waals surface area contributed by atoms with Gasteiger partial charge in [0.1, 0.15) is 0 Å². The molecule has 2 aromatic rings. The molecule has 2 aliphatic rings. The molecule has 7 nitrogen and oxygen atoms in total. The number of halogens is 1. The lowest BCUT2D eigenvalue weighted by Crippen LogP contribution is -2.31. The van der Waals surface area contributed by atoms with Crippen molar-refractivity contribution in [3.63, 3.8) is 0 Å². The Morgan fingerprint density at radius 1 is 1.23 bits per heavy atom. The number of likely N-dealkylation sites (tertiary alicyclic amines) is 1. The maximum absolute atomic E-state index is 14.4. The predicted molar refractivity (Wildman–Crippen MR) is 88.6 cm³/mol. The molecule has 1 saturated heterocycles. The van der Waals surface area contributed by atoms with Crippen LogP contribution in [0.1, 0.15) is 34.8 Å². The van der Waals surface area contributed by atoms with Crippen LogP contribution >= 0.6 is 0 Å². The van der Waals surface area contributed by atoms with E-state index in [2.05, 4.69) is 0 Å². The zero-order valence-corrected chi connectivity index (χ0v) is 13.7. The van der Waals surface area contributed by atoms with Crippen LogP contribution in [-0.4, -0.2) is 29.1 Å². The van der Waals surface area contributed by atoms with Crippen molar-refractivity contribution >= 4 is 11.6 Å². The normalized spacial score (nSPS) is 18.2. The van der Waals surface area contributed by atoms with E-state index in [1.165, 1.54) is 12.1 Å². The molecule has 0 N–H and O–H groups in total. The van der Waals surface area contributed by atoms with Crippen molar-refractivity contribution in [2.24, 2.45) is 0 Å². The van der Waals surface area contributed by atoms with E-state index in [4.69, 9.17) is 9.47 Å². The van der Waals surface area contributed by atoms with Crippen molar-refractivity contribution in [2.45, 2.75) is 18.9 Å². The van der Waals surface area contributed by atoms with Gasteiger partial charge in [-0.05, 0) is 36.6 Å². The summed E-state index contributed by atoms with van der Waals surface area (Å²) in [6, 6.07) is 8.86. The number of hydrogen-bond acceptors (Lipinski definition) is 5. The van der Waals surface area contributed by atoms with Gasteiger partial charge in [0.15, 0.2) is 11.5 Å². The highest BCUT2D eigenvalue weighted by atomic mass is 19.1. The van der Waals surface area contributed by atoms with Crippen molar-refractivity contribution < 1.29 is 23.6 Å². The highest BCUT2D eigenvalue weighted by molar-refractivity contribution is 5.95. The summed E-state index contributed by atoms with van der Waals surface area (Å²) in [4.78, 5) is 24.5. The largest absolute Gasteiger partial charge is 0.454 e. The monoisotopic (exact) mass is 358 g/mol. The molecule has 8 heteroatoms. The van der Waals surface area contributed by atoms with Crippen molar-refractivity contribution in [2.75, 3.05) is 13.3 Å². The molecule has 0 saturated carbocycles. The fraction of sp³-hybridized carbons (Fsp3) is 0.278. The molecule has 2 aromatic carbocycles. The SMILES string of the molecule is O=C(c1cccc([N+](=O)[O-])c1F)N1CCC[C@@H]1c1ccc2c(c1)OCO2. The van der Waals surface area contributed by atoms with Gasteiger partial charge in [-0.2, -0.15) is 4.39 Å². The van der Waals surface area contributed by atoms with Gasteiger partial charge in [0, 0.05) is 12.6 Å². The minimum atomic E-state index is -1.10. The van der Waals surface area contributed by atoms with E-state index in [1.54, 1.807) is 11.0 Å². The molecule has 0 spiro atoms. The lowest BCUT2D eigenvalue weighted by Gasteiger charge is -2.25. The third-order valence-electron chi connectivity index (χ3n) is 4.70. The highest BCUT2D eigenvalue weighted by Gasteiger charge is 2.34. The maximum Gasteiger partial charge on any atom is 0.305 e. The first kappa shape index (κ1) is 16.3. The first-order chi connectivity index (χ1) is 12.6. The standard InChI is InChI=1S/C18H15FN2O5/c19-17-12(3-1-4-14(17)21(23)24)18(22)20-8-2-5-13(20)11-6-7-15-16(9-11)26-10-25-15/h1,3-4,6-7,9,13H,2,5,8,10H2/t13-/m1/s1. The summed E-state index contributed by atoms with van der Waals surface area (Å²) in [5, 5.41) is 10.9. The Hall–Kier alpha value is -3.16. The van der Waals surface area contributed by atoms with Gasteiger partial charge >= 0.3 is 5.69 Å². The van der Waals surface area contributed by atoms with Crippen LogP contribution in [0.3, 0.4) is 0 Å². The Morgan fingerprint density at radius 2 is 2.04 bits per heavy atom. The van der Waals surface area contributed by atoms with Gasteiger partial charge in [-0.15, -0.1) is 0 Å². The molecule has 0 bridgehead atoms. The number of carbonyl (C=O) groups is 1. The molecule has 0 aromatic heterocycles. The Morgan fingerprint density at radius 3 is 2.85 bits per heavy atom. The van der Waals surface area contributed by atoms with E-state index in [1.807, 2.05) is 12.1 Å². The van der Waals surface area contributed by atoms with Gasteiger partial charge in [-0.3, -0.25) is 14.9 Å². The number of nitro groups is 1. The van der Waals surface area contributed by atoms with Crippen molar-refractivity contribution in [1.82, 2.24) is 4.90 Å². The van der Waals surface area contributed by atoms with Crippen molar-refractivity contribution in [3.05, 3.63) is 63.5 Å². The molecular formula is C18H15FN2O5. The summed E-state index contributed by atoms with van der Waals surface area (Å²) in [6.07, 6.45) is 1.49. The summed E-state index contributed by atoms with van der Waals surface area (Å²) in [5.74, 6) is -0.386. The molecule has 1 amide bonds. The zero-order valence-electron chi connectivity index (χ0n) is 13.7. The Balaban J connectivity index is 1.66. The summed E-state index contributed by atoms with van der Waals surface area (Å²) >= 11 is 0. The second-order valence-corrected chi connectivity index (χ2v) is 6.17. The van der Waals surface area contributed by atoms with Gasteiger partial charge in [0.25, 0.3) is 5.91 Å². The van der Waals surface area contributed by atoms with Crippen LogP contribution in [0.4, 0.5) is 10.1 Å². The van der Waals surface area contributed by atoms with Crippen molar-refractivity contribution in [1.29, 1.82) is 0 Å². The number of ether oxygens (including phenoxy) is 2. The highest BCUT2D eigenvalue weighted by Crippen LogP contribution is 2.39. The van der Waals surface area contributed by atoms with Gasteiger partial charge in [0.05, 0.1) is 16.5 Å². The smallest absolute Gasteiger partial charge is 0.305 e. The van der Waals surface area contributed by atoms with Crippen LogP contribution in [0.25, 0.3) is 0 Å². The van der Waals surface area contributed by atoms with E-state index in [-0.39, 0.29) is 18.4 Å². The van der Waals surface area contributed by atoms with E-state index >= 15 is 0 Å². The summed E-state index contributed by atoms with van der Waals surface area (Å²) in [6.45, 7) is 0.616. The van der Waals surface area contributed by atoms with Gasteiger partial charge < -0.3 is 14.4 Å². The van der Waals surface area contributed by atoms with Gasteiger partial charge in [0.2, 0.25) is 12.6 Å². The molecule has 26 heavy (non-hydrogen) atoms. The fourth-order valence-corrected chi connectivity index (χ4v) is 3.46. The molecular weight excluding hydrogens is 343 g/mol. The van der Waals surface area contributed by atoms with Crippen LogP contribution in [0.5, 0.6) is 11.5 Å². The van der Waals surface area contributed by atoms with Crippen molar-refractivity contribution in [3.8, 4) is 11.5 Å². The number of nitro benzene ring substituents is 1. The topological polar surface area (TPSA) is 81.9 Å². The third-order valence-corrected chi connectivity index (χ3v) is 4.70. The number of carbonyl (C=O) groups excluding carboxylic acids is 1. The molecule has 1 atom stereocenters. The third kappa shape index (κ3) is 2.63. The molecule has 0 aliphatic carbocycles. The van der Waals surface area contributed by atoms with E-state index < -0.39 is 22.3 Å². The second-order valence-electron chi connectivity index (χ2n) is 6.17. The molecule has 2 aliphatic heterocycles. The Labute approximate surface area is 148 Å². The van der Waals surface area contributed by atoms with E-state index in [0.717, 1.165) is 24.5 Å². The number of nitrogens with zero attached hydrogens (tertiary/aromatic N) is 2. The molecule has 1 fully saturated rings. The number of rotatable bonds is 3. The second kappa shape index (κ2) is 6.29. The lowest BCUT2D eigenvalue weighted by molar-refractivity contribution is -0.387. The molecule has 4 rings (SSSR count). The predicted octanol–water partition coefficient (Wildman–Crippen LogP) is 3.44. The molecule has 0 unspecified atom stereocenters. The summed E-state index contributed by atoms with van der Waals surface area (Å²) < 4.78 is 25.1. The summed E-state index contributed by atoms with van der Waals surface area (Å²) in [5.41, 5.74) is -0.118. The Bertz CT molecular complexity index is 901. The number of hydrogen-bond donors (Lipinski definition) is 0. The number of fused-ring (bicyclic) bond motifs is 1. The fourth-order valence-electron chi connectivity index (χ4n) is 3.46. The van der Waals surface area contributed by atoms with Gasteiger partial charge in [-0.1, -0.05) is 12.1 Å². The Kier molecular flexibility index (Phi) is 3.95. The van der Waals surface area contributed by atoms with E-state index in [0.29, 0.717) is 18.0 Å². The van der Waals surface area contributed by atoms with E-state index in [9.17, 15) is 19.3 Å². The quantitative estimate of drug-likeness (QED) is 0.620. The maximum atomic E-state index is 14.4. The van der Waals surface area contributed by atoms with Gasteiger partial charge in [-0.25, -0.2) is 0 Å². The van der Waals surface area contributed by atoms with Crippen LogP contribution in [-0.2, 0) is 0 Å². The average molecular weight is 358 g/mol. The van der Waals surface area contributed by atoms with Crippen LogP contribution in [0.2, 0.25) is 0 Å². The first-order valence-corrected chi connectivity index (χ1v) is 8.19. The zero-order chi connectivity index (χ0) is 18.3. The first-order valence-electron chi connectivity index (χ1n) is 8.19. The van der Waals surface area contributed by atoms with Crippen LogP contribution < -0.4 is 9.47 Å². The average Bonchev–Trinajstić information content (AvgIpc) is 3.29. The molecule has 0 radical (unpaired) electrons. The minimum Gasteiger partial charge on any atom is -0.454 e. The number of amides is 1. The van der Waals surface area contributed by atoms with Crippen LogP contribution in [0.15, 0.2) is 36.4 Å². The molecule has 2 heterocycles. The lowest BCUT2D eigenvalue weighted by atomic mass is 10.0. The minimum absolute atomic E-state index is 0.158. The molecule has 134 valence electrons. The number of benzene rings is 2.